The Morgan fingerprint density at radius 2 is 1.80 bits per heavy atom. The molecule has 0 spiro atoms. The van der Waals surface area contributed by atoms with Gasteiger partial charge in [0, 0.05) is 18.8 Å². The van der Waals surface area contributed by atoms with Crippen LogP contribution in [0.25, 0.3) is 0 Å². The third-order valence-electron chi connectivity index (χ3n) is 2.64. The number of aromatic nitrogens is 1. The van der Waals surface area contributed by atoms with Gasteiger partial charge in [-0.25, -0.2) is 0 Å². The van der Waals surface area contributed by atoms with Crippen LogP contribution in [-0.4, -0.2) is 18.6 Å². The molecule has 0 amide bonds. The van der Waals surface area contributed by atoms with Gasteiger partial charge in [-0.1, -0.05) is 29.7 Å². The van der Waals surface area contributed by atoms with Gasteiger partial charge in [0.15, 0.2) is 0 Å². The first-order valence-corrected chi connectivity index (χ1v) is 5.88. The van der Waals surface area contributed by atoms with Crippen molar-refractivity contribution in [2.24, 2.45) is 0 Å². The Hall–Kier alpha value is -0.339. The van der Waals surface area contributed by atoms with E-state index in [2.05, 4.69) is 4.98 Å². The van der Waals surface area contributed by atoms with E-state index in [9.17, 15) is 12.9 Å². The fraction of sp³-hybridized carbons (Fsp3) is 0.154. The summed E-state index contributed by atoms with van der Waals surface area (Å²) < 4.78 is 43.5. The van der Waals surface area contributed by atoms with Gasteiger partial charge in [-0.2, -0.15) is 0 Å². The summed E-state index contributed by atoms with van der Waals surface area (Å²) >= 11 is 0. The molecule has 2 aromatic rings. The fourth-order valence-corrected chi connectivity index (χ4v) is 1.71. The van der Waals surface area contributed by atoms with Crippen LogP contribution in [0.4, 0.5) is 12.9 Å². The topological polar surface area (TPSA) is 22.1 Å². The summed E-state index contributed by atoms with van der Waals surface area (Å²) in [6.07, 6.45) is 3.84. The van der Waals surface area contributed by atoms with E-state index in [-0.39, 0.29) is 63.7 Å². The van der Waals surface area contributed by atoms with E-state index in [1.54, 1.807) is 18.5 Å². The van der Waals surface area contributed by atoms with Gasteiger partial charge in [0.25, 0.3) is 0 Å². The second-order valence-corrected chi connectivity index (χ2v) is 4.07. The Balaban J connectivity index is 0.00000200. The Kier molecular flexibility index (Phi) is 7.25. The molecule has 100 valence electrons. The van der Waals surface area contributed by atoms with E-state index < -0.39 is 12.4 Å². The average Bonchev–Trinajstić information content (AvgIpc) is 2.39. The minimum atomic E-state index is -5.05. The minimum Gasteiger partial charge on any atom is -0.496 e. The molecular weight excluding hydrogens is 293 g/mol. The monoisotopic (exact) mass is 305 g/mol. The molecule has 0 saturated heterocycles. The number of ether oxygens (including phenoxy) is 1. The Morgan fingerprint density at radius 1 is 1.05 bits per heavy atom. The van der Waals surface area contributed by atoms with Gasteiger partial charge in [-0.3, -0.25) is 4.98 Å². The Bertz CT molecular complexity index is 537. The first-order chi connectivity index (χ1) is 9.07. The zero-order valence-corrected chi connectivity index (χ0v) is 14.2. The van der Waals surface area contributed by atoms with Crippen molar-refractivity contribution in [1.29, 1.82) is 0 Å². The number of benzene rings is 1. The van der Waals surface area contributed by atoms with Crippen LogP contribution in [0.3, 0.4) is 0 Å². The number of rotatable bonds is 5. The van der Waals surface area contributed by atoms with Crippen molar-refractivity contribution >= 4 is 12.4 Å². The van der Waals surface area contributed by atoms with Gasteiger partial charge in [0.2, 0.25) is 0 Å². The summed E-state index contributed by atoms with van der Waals surface area (Å²) in [7, 11) is 0. The molecule has 0 bridgehead atoms. The second-order valence-electron chi connectivity index (χ2n) is 4.07. The van der Waals surface area contributed by atoms with E-state index in [1.807, 2.05) is 6.07 Å². The van der Waals surface area contributed by atoms with Crippen LogP contribution in [0.15, 0.2) is 48.8 Å². The molecule has 0 radical (unpaired) electrons. The van der Waals surface area contributed by atoms with Gasteiger partial charge in [0.1, 0.15) is 0 Å². The van der Waals surface area contributed by atoms with Crippen LogP contribution in [0.1, 0.15) is 5.56 Å². The molecular formula is C13H12BF3KNO. The maximum atomic E-state index is 12.8. The van der Waals surface area contributed by atoms with E-state index in [0.717, 1.165) is 11.6 Å². The zero-order valence-electron chi connectivity index (χ0n) is 11.1. The average molecular weight is 305 g/mol. The number of nitrogens with zero attached hydrogens (tertiary/aromatic N) is 1. The predicted octanol–water partition coefficient (Wildman–Crippen LogP) is -0.239. The van der Waals surface area contributed by atoms with Crippen molar-refractivity contribution in [3.05, 3.63) is 54.4 Å². The smallest absolute Gasteiger partial charge is 0.496 e. The van der Waals surface area contributed by atoms with E-state index in [1.165, 1.54) is 18.2 Å². The first kappa shape index (κ1) is 17.7. The van der Waals surface area contributed by atoms with Gasteiger partial charge < -0.3 is 17.7 Å². The Morgan fingerprint density at radius 3 is 2.45 bits per heavy atom. The third-order valence-corrected chi connectivity index (χ3v) is 2.64. The second kappa shape index (κ2) is 8.19. The number of hydrogen-bond donors (Lipinski definition) is 0. The largest absolute Gasteiger partial charge is 1.00 e. The molecule has 0 N–H and O–H groups in total. The van der Waals surface area contributed by atoms with Crippen molar-refractivity contribution < 1.29 is 69.1 Å². The van der Waals surface area contributed by atoms with Gasteiger partial charge in [0.05, 0.1) is 12.4 Å². The maximum Gasteiger partial charge on any atom is 1.00 e. The number of para-hydroxylation sites is 1. The van der Waals surface area contributed by atoms with Crippen molar-refractivity contribution in [1.82, 2.24) is 4.98 Å². The van der Waals surface area contributed by atoms with Gasteiger partial charge in [-0.15, -0.1) is 0 Å². The summed E-state index contributed by atoms with van der Waals surface area (Å²) in [5.41, 5.74) is 0.242. The van der Waals surface area contributed by atoms with Crippen LogP contribution in [0.2, 0.25) is 0 Å². The number of halogens is 3. The molecule has 0 unspecified atom stereocenters. The minimum absolute atomic E-state index is 0. The zero-order chi connectivity index (χ0) is 13.7. The Labute approximate surface area is 158 Å². The van der Waals surface area contributed by atoms with Crippen molar-refractivity contribution in [3.8, 4) is 5.75 Å². The fourth-order valence-electron chi connectivity index (χ4n) is 1.71. The van der Waals surface area contributed by atoms with Gasteiger partial charge >= 0.3 is 58.4 Å². The molecule has 2 nitrogen and oxygen atoms in total. The molecule has 0 aliphatic rings. The summed E-state index contributed by atoms with van der Waals surface area (Å²) in [5, 5.41) is 0. The molecule has 0 aliphatic carbocycles. The third kappa shape index (κ3) is 5.22. The molecule has 20 heavy (non-hydrogen) atoms. The summed E-state index contributed by atoms with van der Waals surface area (Å²) in [6.45, 7) is -4.86. The first-order valence-electron chi connectivity index (χ1n) is 5.88. The van der Waals surface area contributed by atoms with Crippen LogP contribution in [-0.2, 0) is 6.42 Å². The van der Waals surface area contributed by atoms with Crippen molar-refractivity contribution in [2.45, 2.75) is 6.42 Å². The van der Waals surface area contributed by atoms with Crippen LogP contribution in [0.5, 0.6) is 5.75 Å². The molecule has 1 heterocycles. The quantitative estimate of drug-likeness (QED) is 0.712. The molecule has 0 aliphatic heterocycles. The molecule has 7 heteroatoms. The van der Waals surface area contributed by atoms with Crippen LogP contribution in [0, 0.1) is 0 Å². The summed E-state index contributed by atoms with van der Waals surface area (Å²) in [5.74, 6) is -0.112. The molecule has 0 fully saturated rings. The molecule has 0 saturated carbocycles. The number of pyridine rings is 1. The van der Waals surface area contributed by atoms with E-state index >= 15 is 0 Å². The van der Waals surface area contributed by atoms with Crippen LogP contribution < -0.4 is 61.6 Å². The molecule has 2 rings (SSSR count). The standard InChI is InChI=1S/C13H12BF3NO.K/c15-14(16,17)12-5-1-2-6-13(12)19-9-7-11-4-3-8-18-10-11;/h1-6,8,10H,7,9H2;/q-1;+1. The van der Waals surface area contributed by atoms with Crippen LogP contribution >= 0.6 is 0 Å². The van der Waals surface area contributed by atoms with Crippen molar-refractivity contribution in [3.63, 3.8) is 0 Å². The summed E-state index contributed by atoms with van der Waals surface area (Å²) in [4.78, 5) is 3.93. The maximum absolute atomic E-state index is 12.8. The number of hydrogen-bond acceptors (Lipinski definition) is 2. The SMILES string of the molecule is F[B-](F)(F)c1ccccc1OCCc1cccnc1.[K+]. The molecule has 1 aromatic heterocycles. The normalized spacial score (nSPS) is 10.8. The predicted molar refractivity (Wildman–Crippen MR) is 68.6 cm³/mol. The summed E-state index contributed by atoms with van der Waals surface area (Å²) in [6, 6.07) is 8.91. The van der Waals surface area contributed by atoms with Crippen molar-refractivity contribution in [2.75, 3.05) is 6.61 Å². The molecule has 1 aromatic carbocycles. The van der Waals surface area contributed by atoms with E-state index in [0.29, 0.717) is 6.42 Å². The van der Waals surface area contributed by atoms with Gasteiger partial charge in [-0.05, 0) is 17.7 Å². The molecule has 0 atom stereocenters. The van der Waals surface area contributed by atoms with E-state index in [4.69, 9.17) is 4.74 Å².